The van der Waals surface area contributed by atoms with E-state index in [0.29, 0.717) is 19.1 Å². The first kappa shape index (κ1) is 15.0. The second kappa shape index (κ2) is 7.41. The highest BCUT2D eigenvalue weighted by Crippen LogP contribution is 2.34. The molecule has 1 saturated carbocycles. The van der Waals surface area contributed by atoms with Gasteiger partial charge in [-0.3, -0.25) is 4.68 Å². The number of ether oxygens (including phenoxy) is 1. The van der Waals surface area contributed by atoms with Crippen LogP contribution in [0.3, 0.4) is 0 Å². The zero-order valence-corrected chi connectivity index (χ0v) is 13.1. The molecule has 0 saturated heterocycles. The third-order valence-electron chi connectivity index (χ3n) is 3.94. The maximum Gasteiger partial charge on any atom is 0.0970 e. The molecule has 4 nitrogen and oxygen atoms in total. The summed E-state index contributed by atoms with van der Waals surface area (Å²) in [5, 5.41) is 14.8. The number of hydrogen-bond acceptors (Lipinski definition) is 3. The lowest BCUT2D eigenvalue weighted by Gasteiger charge is -2.24. The SMILES string of the molecule is COCCn1ncc(Br)c1C(O)CC1CCCCC1. The Morgan fingerprint density at radius 3 is 2.89 bits per heavy atom. The van der Waals surface area contributed by atoms with Crippen molar-refractivity contribution in [2.24, 2.45) is 5.92 Å². The second-order valence-electron chi connectivity index (χ2n) is 5.35. The van der Waals surface area contributed by atoms with Crippen LogP contribution in [0.4, 0.5) is 0 Å². The second-order valence-corrected chi connectivity index (χ2v) is 6.20. The Morgan fingerprint density at radius 2 is 2.21 bits per heavy atom. The lowest BCUT2D eigenvalue weighted by Crippen LogP contribution is -2.16. The summed E-state index contributed by atoms with van der Waals surface area (Å²) in [5.41, 5.74) is 0.891. The van der Waals surface area contributed by atoms with Crippen molar-refractivity contribution in [1.82, 2.24) is 9.78 Å². The van der Waals surface area contributed by atoms with E-state index in [2.05, 4.69) is 21.0 Å². The number of methoxy groups -OCH3 is 1. The van der Waals surface area contributed by atoms with Crippen LogP contribution >= 0.6 is 15.9 Å². The predicted molar refractivity (Wildman–Crippen MR) is 78.0 cm³/mol. The highest BCUT2D eigenvalue weighted by atomic mass is 79.9. The predicted octanol–water partition coefficient (Wildman–Crippen LogP) is 3.30. The van der Waals surface area contributed by atoms with E-state index >= 15 is 0 Å². The molecular formula is C14H23BrN2O2. The molecule has 0 aromatic carbocycles. The summed E-state index contributed by atoms with van der Waals surface area (Å²) in [5.74, 6) is 0.654. The third kappa shape index (κ3) is 4.04. The molecule has 19 heavy (non-hydrogen) atoms. The molecule has 0 aliphatic heterocycles. The first-order chi connectivity index (χ1) is 9.22. The van der Waals surface area contributed by atoms with Crippen LogP contribution in [-0.4, -0.2) is 28.6 Å². The van der Waals surface area contributed by atoms with E-state index in [0.717, 1.165) is 16.6 Å². The Morgan fingerprint density at radius 1 is 1.47 bits per heavy atom. The Balaban J connectivity index is 2.00. The van der Waals surface area contributed by atoms with Gasteiger partial charge in [-0.05, 0) is 28.3 Å². The van der Waals surface area contributed by atoms with Gasteiger partial charge in [-0.25, -0.2) is 0 Å². The van der Waals surface area contributed by atoms with Crippen LogP contribution in [-0.2, 0) is 11.3 Å². The number of nitrogens with zero attached hydrogens (tertiary/aromatic N) is 2. The van der Waals surface area contributed by atoms with Crippen LogP contribution in [0.1, 0.15) is 50.3 Å². The molecule has 0 bridgehead atoms. The van der Waals surface area contributed by atoms with E-state index in [1.54, 1.807) is 13.3 Å². The van der Waals surface area contributed by atoms with Crippen molar-refractivity contribution in [2.45, 2.75) is 51.2 Å². The maximum atomic E-state index is 10.5. The van der Waals surface area contributed by atoms with E-state index in [4.69, 9.17) is 4.74 Å². The molecular weight excluding hydrogens is 308 g/mol. The summed E-state index contributed by atoms with van der Waals surface area (Å²) in [6.07, 6.45) is 8.64. The quantitative estimate of drug-likeness (QED) is 0.870. The fraction of sp³-hybridized carbons (Fsp3) is 0.786. The van der Waals surface area contributed by atoms with Gasteiger partial charge >= 0.3 is 0 Å². The van der Waals surface area contributed by atoms with E-state index in [1.165, 1.54) is 32.1 Å². The highest BCUT2D eigenvalue weighted by Gasteiger charge is 2.23. The van der Waals surface area contributed by atoms with Gasteiger partial charge in [0.25, 0.3) is 0 Å². The molecule has 1 aromatic heterocycles. The molecule has 1 heterocycles. The Bertz CT molecular complexity index is 389. The van der Waals surface area contributed by atoms with Gasteiger partial charge in [0.05, 0.1) is 35.6 Å². The van der Waals surface area contributed by atoms with Gasteiger partial charge in [-0.1, -0.05) is 32.1 Å². The van der Waals surface area contributed by atoms with E-state index in [1.807, 2.05) is 4.68 Å². The smallest absolute Gasteiger partial charge is 0.0970 e. The zero-order valence-electron chi connectivity index (χ0n) is 11.5. The van der Waals surface area contributed by atoms with E-state index < -0.39 is 6.10 Å². The fourth-order valence-corrected chi connectivity index (χ4v) is 3.47. The average Bonchev–Trinajstić information content (AvgIpc) is 2.78. The van der Waals surface area contributed by atoms with Crippen molar-refractivity contribution in [3.8, 4) is 0 Å². The standard InChI is InChI=1S/C14H23BrN2O2/c1-19-8-7-17-14(12(15)10-16-17)13(18)9-11-5-3-2-4-6-11/h10-11,13,18H,2-9H2,1H3. The largest absolute Gasteiger partial charge is 0.387 e. The first-order valence-electron chi connectivity index (χ1n) is 7.10. The first-order valence-corrected chi connectivity index (χ1v) is 7.90. The molecule has 1 aliphatic rings. The average molecular weight is 331 g/mol. The van der Waals surface area contributed by atoms with Crippen molar-refractivity contribution in [3.05, 3.63) is 16.4 Å². The molecule has 2 rings (SSSR count). The van der Waals surface area contributed by atoms with Gasteiger partial charge in [0.2, 0.25) is 0 Å². The molecule has 1 unspecified atom stereocenters. The summed E-state index contributed by atoms with van der Waals surface area (Å²) in [6, 6.07) is 0. The van der Waals surface area contributed by atoms with Crippen LogP contribution in [0, 0.1) is 5.92 Å². The molecule has 0 radical (unpaired) electrons. The summed E-state index contributed by atoms with van der Waals surface area (Å²) in [4.78, 5) is 0. The minimum atomic E-state index is -0.433. The molecule has 1 fully saturated rings. The van der Waals surface area contributed by atoms with Crippen LogP contribution in [0.25, 0.3) is 0 Å². The summed E-state index contributed by atoms with van der Waals surface area (Å²) >= 11 is 3.49. The topological polar surface area (TPSA) is 47.3 Å². The van der Waals surface area contributed by atoms with Crippen molar-refractivity contribution in [3.63, 3.8) is 0 Å². The molecule has 0 spiro atoms. The zero-order chi connectivity index (χ0) is 13.7. The van der Waals surface area contributed by atoms with Crippen LogP contribution < -0.4 is 0 Å². The number of aromatic nitrogens is 2. The van der Waals surface area contributed by atoms with Crippen molar-refractivity contribution < 1.29 is 9.84 Å². The normalized spacial score (nSPS) is 18.7. The van der Waals surface area contributed by atoms with E-state index in [9.17, 15) is 5.11 Å². The van der Waals surface area contributed by atoms with E-state index in [-0.39, 0.29) is 0 Å². The number of rotatable bonds is 6. The van der Waals surface area contributed by atoms with Gasteiger partial charge in [-0.15, -0.1) is 0 Å². The Hall–Kier alpha value is -0.390. The van der Waals surface area contributed by atoms with Gasteiger partial charge in [0.15, 0.2) is 0 Å². The van der Waals surface area contributed by atoms with Gasteiger partial charge in [0, 0.05) is 7.11 Å². The summed E-state index contributed by atoms with van der Waals surface area (Å²) in [6.45, 7) is 1.29. The number of halogens is 1. The molecule has 108 valence electrons. The molecule has 5 heteroatoms. The minimum absolute atomic E-state index is 0.433. The minimum Gasteiger partial charge on any atom is -0.387 e. The molecule has 1 atom stereocenters. The maximum absolute atomic E-state index is 10.5. The highest BCUT2D eigenvalue weighted by molar-refractivity contribution is 9.10. The van der Waals surface area contributed by atoms with Crippen molar-refractivity contribution >= 4 is 15.9 Å². The monoisotopic (exact) mass is 330 g/mol. The Kier molecular flexibility index (Phi) is 5.85. The van der Waals surface area contributed by atoms with Crippen molar-refractivity contribution in [1.29, 1.82) is 0 Å². The van der Waals surface area contributed by atoms with Gasteiger partial charge in [0.1, 0.15) is 0 Å². The molecule has 1 aliphatic carbocycles. The van der Waals surface area contributed by atoms with Crippen LogP contribution in [0.15, 0.2) is 10.7 Å². The molecule has 1 aromatic rings. The molecule has 0 amide bonds. The lowest BCUT2D eigenvalue weighted by atomic mass is 9.85. The number of aliphatic hydroxyl groups excluding tert-OH is 1. The summed E-state index contributed by atoms with van der Waals surface area (Å²) < 4.78 is 7.83. The van der Waals surface area contributed by atoms with Crippen molar-refractivity contribution in [2.75, 3.05) is 13.7 Å². The van der Waals surface area contributed by atoms with Crippen LogP contribution in [0.2, 0.25) is 0 Å². The number of aliphatic hydroxyl groups is 1. The fourth-order valence-electron chi connectivity index (χ4n) is 2.91. The Labute approximate surface area is 123 Å². The van der Waals surface area contributed by atoms with Gasteiger partial charge < -0.3 is 9.84 Å². The van der Waals surface area contributed by atoms with Gasteiger partial charge in [-0.2, -0.15) is 5.10 Å². The number of hydrogen-bond donors (Lipinski definition) is 1. The lowest BCUT2D eigenvalue weighted by molar-refractivity contribution is 0.117. The third-order valence-corrected chi connectivity index (χ3v) is 4.55. The summed E-state index contributed by atoms with van der Waals surface area (Å²) in [7, 11) is 1.68. The van der Waals surface area contributed by atoms with Crippen LogP contribution in [0.5, 0.6) is 0 Å². The molecule has 1 N–H and O–H groups in total.